The van der Waals surface area contributed by atoms with E-state index in [0.29, 0.717) is 22.2 Å². The summed E-state index contributed by atoms with van der Waals surface area (Å²) < 4.78 is 0.483. The molecule has 2 aromatic rings. The Labute approximate surface area is 159 Å². The van der Waals surface area contributed by atoms with E-state index in [2.05, 4.69) is 6.07 Å². The molecule has 7 heteroatoms. The molecular formula is C18H15NO3S3. The van der Waals surface area contributed by atoms with Crippen LogP contribution >= 0.6 is 35.3 Å². The normalized spacial score (nSPS) is 16.0. The Hall–Kier alpha value is -1.96. The topological polar surface area (TPSA) is 57.6 Å². The van der Waals surface area contributed by atoms with Crippen LogP contribution in [-0.4, -0.2) is 32.7 Å². The van der Waals surface area contributed by atoms with Gasteiger partial charge in [-0.15, -0.1) is 11.3 Å². The van der Waals surface area contributed by atoms with Gasteiger partial charge in [0.15, 0.2) is 0 Å². The largest absolute Gasteiger partial charge is 0.481 e. The highest BCUT2D eigenvalue weighted by atomic mass is 32.2. The van der Waals surface area contributed by atoms with Crippen molar-refractivity contribution >= 4 is 57.6 Å². The minimum absolute atomic E-state index is 0.0281. The molecule has 1 aromatic heterocycles. The number of carbonyl (C=O) groups excluding carboxylic acids is 1. The van der Waals surface area contributed by atoms with Gasteiger partial charge in [0.25, 0.3) is 5.91 Å². The molecule has 3 rings (SSSR count). The van der Waals surface area contributed by atoms with E-state index in [-0.39, 0.29) is 12.3 Å². The summed E-state index contributed by atoms with van der Waals surface area (Å²) in [7, 11) is 0. The molecule has 0 saturated carbocycles. The van der Waals surface area contributed by atoms with Crippen LogP contribution in [0, 0.1) is 0 Å². The van der Waals surface area contributed by atoms with Crippen LogP contribution < -0.4 is 0 Å². The minimum atomic E-state index is -0.869. The minimum Gasteiger partial charge on any atom is -0.481 e. The lowest BCUT2D eigenvalue weighted by atomic mass is 10.1. The van der Waals surface area contributed by atoms with E-state index < -0.39 is 5.97 Å². The highest BCUT2D eigenvalue weighted by Gasteiger charge is 2.31. The highest BCUT2D eigenvalue weighted by Crippen LogP contribution is 2.33. The van der Waals surface area contributed by atoms with Crippen LogP contribution in [0.1, 0.15) is 18.4 Å². The van der Waals surface area contributed by atoms with E-state index in [9.17, 15) is 9.59 Å². The predicted octanol–water partition coefficient (Wildman–Crippen LogP) is 4.48. The van der Waals surface area contributed by atoms with Gasteiger partial charge >= 0.3 is 5.97 Å². The second kappa shape index (κ2) is 7.95. The van der Waals surface area contributed by atoms with Crippen LogP contribution in [0.5, 0.6) is 0 Å². The molecule has 1 aromatic carbocycles. The molecule has 1 saturated heterocycles. The first-order valence-corrected chi connectivity index (χ1v) is 9.76. The first-order chi connectivity index (χ1) is 12.0. The summed E-state index contributed by atoms with van der Waals surface area (Å²) in [6.45, 7) is 0.339. The standard InChI is InChI=1S/C18H15NO3S3/c20-16(21)4-1-9-19-17(22)15(25-18(19)23)11-12-5-7-13(8-6-12)14-3-2-10-24-14/h2-3,5-8,10-11H,1,4,9H2,(H,20,21)/b15-11+. The van der Waals surface area contributed by atoms with Crippen molar-refractivity contribution in [3.8, 4) is 10.4 Å². The zero-order valence-corrected chi connectivity index (χ0v) is 15.6. The summed E-state index contributed by atoms with van der Waals surface area (Å²) in [5, 5.41) is 10.7. The molecule has 2 heterocycles. The van der Waals surface area contributed by atoms with Gasteiger partial charge in [0, 0.05) is 17.8 Å². The van der Waals surface area contributed by atoms with Crippen LogP contribution in [-0.2, 0) is 9.59 Å². The Bertz CT molecular complexity index is 826. The van der Waals surface area contributed by atoms with Gasteiger partial charge in [-0.25, -0.2) is 0 Å². The van der Waals surface area contributed by atoms with Crippen molar-refractivity contribution in [3.63, 3.8) is 0 Å². The van der Waals surface area contributed by atoms with E-state index in [0.717, 1.165) is 11.1 Å². The lowest BCUT2D eigenvalue weighted by Crippen LogP contribution is -2.29. The maximum atomic E-state index is 12.5. The molecule has 0 bridgehead atoms. The Balaban J connectivity index is 1.70. The molecule has 0 spiro atoms. The monoisotopic (exact) mass is 389 g/mol. The molecule has 1 amide bonds. The zero-order chi connectivity index (χ0) is 17.8. The van der Waals surface area contributed by atoms with Gasteiger partial charge in [0.1, 0.15) is 4.32 Å². The maximum absolute atomic E-state index is 12.5. The van der Waals surface area contributed by atoms with Gasteiger partial charge in [-0.05, 0) is 35.1 Å². The number of thiophene rings is 1. The number of hydrogen-bond donors (Lipinski definition) is 1. The second-order valence-electron chi connectivity index (χ2n) is 5.43. The number of benzene rings is 1. The number of thiocarbonyl (C=S) groups is 1. The van der Waals surface area contributed by atoms with Gasteiger partial charge in [0.2, 0.25) is 0 Å². The molecule has 0 aliphatic carbocycles. The summed E-state index contributed by atoms with van der Waals surface area (Å²) in [5.74, 6) is -1.02. The summed E-state index contributed by atoms with van der Waals surface area (Å²) >= 11 is 8.19. The smallest absolute Gasteiger partial charge is 0.303 e. The fourth-order valence-electron chi connectivity index (χ4n) is 2.42. The van der Waals surface area contributed by atoms with Crippen molar-refractivity contribution in [3.05, 3.63) is 52.2 Å². The third-order valence-corrected chi connectivity index (χ3v) is 5.96. The highest BCUT2D eigenvalue weighted by molar-refractivity contribution is 8.26. The average Bonchev–Trinajstić information content (AvgIpc) is 3.20. The van der Waals surface area contributed by atoms with Crippen LogP contribution in [0.2, 0.25) is 0 Å². The summed E-state index contributed by atoms with van der Waals surface area (Å²) in [6.07, 6.45) is 2.25. The molecular weight excluding hydrogens is 374 g/mol. The Morgan fingerprint density at radius 3 is 2.64 bits per heavy atom. The molecule has 0 radical (unpaired) electrons. The molecule has 1 aliphatic rings. The van der Waals surface area contributed by atoms with Gasteiger partial charge in [-0.2, -0.15) is 0 Å². The van der Waals surface area contributed by atoms with E-state index in [4.69, 9.17) is 17.3 Å². The van der Waals surface area contributed by atoms with Gasteiger partial charge in [-0.3, -0.25) is 14.5 Å². The molecule has 4 nitrogen and oxygen atoms in total. The number of carbonyl (C=O) groups is 2. The van der Waals surface area contributed by atoms with E-state index in [1.165, 1.54) is 21.5 Å². The lowest BCUT2D eigenvalue weighted by molar-refractivity contribution is -0.137. The number of carboxylic acid groups (broad SMARTS) is 1. The van der Waals surface area contributed by atoms with Gasteiger partial charge in [0.05, 0.1) is 4.91 Å². The van der Waals surface area contributed by atoms with E-state index in [1.807, 2.05) is 41.8 Å². The third-order valence-electron chi connectivity index (χ3n) is 3.66. The van der Waals surface area contributed by atoms with Crippen molar-refractivity contribution in [1.29, 1.82) is 0 Å². The average molecular weight is 390 g/mol. The number of hydrogen-bond acceptors (Lipinski definition) is 5. The van der Waals surface area contributed by atoms with Crippen LogP contribution in [0.15, 0.2) is 46.7 Å². The Kier molecular flexibility index (Phi) is 5.67. The maximum Gasteiger partial charge on any atom is 0.303 e. The number of thioether (sulfide) groups is 1. The molecule has 0 unspecified atom stereocenters. The number of carboxylic acids is 1. The van der Waals surface area contributed by atoms with E-state index >= 15 is 0 Å². The molecule has 25 heavy (non-hydrogen) atoms. The van der Waals surface area contributed by atoms with Crippen molar-refractivity contribution < 1.29 is 14.7 Å². The molecule has 0 atom stereocenters. The zero-order valence-electron chi connectivity index (χ0n) is 13.2. The van der Waals surface area contributed by atoms with Crippen LogP contribution in [0.25, 0.3) is 16.5 Å². The molecule has 1 N–H and O–H groups in total. The Morgan fingerprint density at radius 1 is 1.24 bits per heavy atom. The third kappa shape index (κ3) is 4.36. The first kappa shape index (κ1) is 17.8. The fraction of sp³-hybridized carbons (Fsp3) is 0.167. The van der Waals surface area contributed by atoms with Crippen molar-refractivity contribution in [2.24, 2.45) is 0 Å². The van der Waals surface area contributed by atoms with Crippen molar-refractivity contribution in [2.75, 3.05) is 6.54 Å². The quantitative estimate of drug-likeness (QED) is 0.583. The molecule has 1 fully saturated rings. The molecule has 1 aliphatic heterocycles. The SMILES string of the molecule is O=C(O)CCCN1C(=O)/C(=C\c2ccc(-c3cccs3)cc2)SC1=S. The summed E-state index contributed by atoms with van der Waals surface area (Å²) in [4.78, 5) is 26.3. The van der Waals surface area contributed by atoms with Gasteiger partial charge < -0.3 is 5.11 Å². The number of amides is 1. The number of rotatable bonds is 6. The van der Waals surface area contributed by atoms with Gasteiger partial charge in [-0.1, -0.05) is 54.3 Å². The summed E-state index contributed by atoms with van der Waals surface area (Å²) in [6, 6.07) is 12.1. The fourth-order valence-corrected chi connectivity index (χ4v) is 4.46. The predicted molar refractivity (Wildman–Crippen MR) is 107 cm³/mol. The van der Waals surface area contributed by atoms with Crippen molar-refractivity contribution in [2.45, 2.75) is 12.8 Å². The number of nitrogens with zero attached hydrogens (tertiary/aromatic N) is 1. The van der Waals surface area contributed by atoms with Crippen LogP contribution in [0.4, 0.5) is 0 Å². The van der Waals surface area contributed by atoms with E-state index in [1.54, 1.807) is 11.3 Å². The first-order valence-electron chi connectivity index (χ1n) is 7.66. The van der Waals surface area contributed by atoms with Crippen LogP contribution in [0.3, 0.4) is 0 Å². The number of aliphatic carboxylic acids is 1. The lowest BCUT2D eigenvalue weighted by Gasteiger charge is -2.13. The molecule has 128 valence electrons. The Morgan fingerprint density at radius 2 is 2.00 bits per heavy atom. The summed E-state index contributed by atoms with van der Waals surface area (Å²) in [5.41, 5.74) is 2.08. The second-order valence-corrected chi connectivity index (χ2v) is 8.05. The van der Waals surface area contributed by atoms with Crippen molar-refractivity contribution in [1.82, 2.24) is 4.90 Å².